The van der Waals surface area contributed by atoms with E-state index in [1.54, 1.807) is 7.11 Å². The first-order valence-electron chi connectivity index (χ1n) is 7.52. The Kier molecular flexibility index (Phi) is 4.35. The van der Waals surface area contributed by atoms with Crippen molar-refractivity contribution in [1.82, 2.24) is 9.97 Å². The van der Waals surface area contributed by atoms with E-state index in [1.807, 2.05) is 31.2 Å². The summed E-state index contributed by atoms with van der Waals surface area (Å²) in [7, 11) is 2.94. The summed E-state index contributed by atoms with van der Waals surface area (Å²) in [6.07, 6.45) is 1.60. The van der Waals surface area contributed by atoms with Crippen LogP contribution in [-0.2, 0) is 14.3 Å². The van der Waals surface area contributed by atoms with Gasteiger partial charge in [0.1, 0.15) is 17.4 Å². The summed E-state index contributed by atoms with van der Waals surface area (Å²) in [4.78, 5) is 20.3. The topological polar surface area (TPSA) is 86.5 Å². The minimum absolute atomic E-state index is 0.128. The summed E-state index contributed by atoms with van der Waals surface area (Å²) in [5, 5.41) is 4.17. The molecule has 7 heteroatoms. The molecule has 0 bridgehead atoms. The lowest BCUT2D eigenvalue weighted by atomic mass is 9.99. The molecule has 0 fully saturated rings. The molecular formula is C17H19N3O4. The van der Waals surface area contributed by atoms with E-state index in [-0.39, 0.29) is 12.4 Å². The summed E-state index contributed by atoms with van der Waals surface area (Å²) < 4.78 is 15.9. The lowest BCUT2D eigenvalue weighted by molar-refractivity contribution is -0.142. The fraction of sp³-hybridized carbons (Fsp3) is 0.353. The van der Waals surface area contributed by atoms with Crippen molar-refractivity contribution in [1.29, 1.82) is 0 Å². The fourth-order valence-electron chi connectivity index (χ4n) is 2.74. The minimum Gasteiger partial charge on any atom is -0.469 e. The van der Waals surface area contributed by atoms with Crippen LogP contribution in [0.1, 0.15) is 13.3 Å². The largest absolute Gasteiger partial charge is 0.469 e. The SMILES string of the molecule is COC[C@@](C)(CC(=O)OC)Nc1ncnc2c1oc1ccccc12. The molecular weight excluding hydrogens is 310 g/mol. The van der Waals surface area contributed by atoms with Crippen LogP contribution >= 0.6 is 0 Å². The van der Waals surface area contributed by atoms with Crippen molar-refractivity contribution in [3.63, 3.8) is 0 Å². The maximum atomic E-state index is 11.7. The average molecular weight is 329 g/mol. The second kappa shape index (κ2) is 6.45. The van der Waals surface area contributed by atoms with Gasteiger partial charge in [-0.3, -0.25) is 4.79 Å². The Balaban J connectivity index is 2.03. The molecule has 1 N–H and O–H groups in total. The van der Waals surface area contributed by atoms with Gasteiger partial charge in [-0.1, -0.05) is 12.1 Å². The van der Waals surface area contributed by atoms with Crippen molar-refractivity contribution in [2.24, 2.45) is 0 Å². The molecule has 2 aromatic heterocycles. The lowest BCUT2D eigenvalue weighted by Gasteiger charge is -2.29. The minimum atomic E-state index is -0.692. The van der Waals surface area contributed by atoms with Gasteiger partial charge in [-0.2, -0.15) is 0 Å². The molecule has 0 radical (unpaired) electrons. The number of carbonyl (C=O) groups is 1. The molecule has 3 aromatic rings. The van der Waals surface area contributed by atoms with Crippen LogP contribution in [0.2, 0.25) is 0 Å². The lowest BCUT2D eigenvalue weighted by Crippen LogP contribution is -2.42. The zero-order chi connectivity index (χ0) is 17.2. The normalized spacial score (nSPS) is 13.8. The first-order chi connectivity index (χ1) is 11.6. The van der Waals surface area contributed by atoms with Crippen LogP contribution in [0.25, 0.3) is 22.1 Å². The number of hydrogen-bond donors (Lipinski definition) is 1. The third-order valence-corrected chi connectivity index (χ3v) is 3.80. The highest BCUT2D eigenvalue weighted by Gasteiger charge is 2.30. The van der Waals surface area contributed by atoms with E-state index in [2.05, 4.69) is 15.3 Å². The number of rotatable bonds is 6. The molecule has 0 unspecified atom stereocenters. The maximum Gasteiger partial charge on any atom is 0.307 e. The molecule has 0 aliphatic carbocycles. The molecule has 1 aromatic carbocycles. The van der Waals surface area contributed by atoms with Crippen molar-refractivity contribution in [2.75, 3.05) is 26.1 Å². The van der Waals surface area contributed by atoms with Crippen LogP contribution in [0.5, 0.6) is 0 Å². The van der Waals surface area contributed by atoms with E-state index < -0.39 is 5.54 Å². The van der Waals surface area contributed by atoms with E-state index in [9.17, 15) is 4.79 Å². The number of benzene rings is 1. The van der Waals surface area contributed by atoms with E-state index in [4.69, 9.17) is 13.9 Å². The molecule has 0 amide bonds. The predicted octanol–water partition coefficient (Wildman–Crippen LogP) is 2.76. The Hall–Kier alpha value is -2.67. The van der Waals surface area contributed by atoms with Crippen LogP contribution in [0.3, 0.4) is 0 Å². The smallest absolute Gasteiger partial charge is 0.307 e. The molecule has 1 atom stereocenters. The highest BCUT2D eigenvalue weighted by atomic mass is 16.5. The standard InChI is InChI=1S/C17H19N3O4/c1-17(9-22-2,8-13(21)23-3)20-16-15-14(18-10-19-16)11-6-4-5-7-12(11)24-15/h4-7,10H,8-9H2,1-3H3,(H,18,19,20)/t17-/m1/s1. The summed E-state index contributed by atoms with van der Waals surface area (Å²) in [5.74, 6) is 0.177. The molecule has 24 heavy (non-hydrogen) atoms. The summed E-state index contributed by atoms with van der Waals surface area (Å²) in [6, 6.07) is 7.65. The number of nitrogens with one attached hydrogen (secondary N) is 1. The number of carbonyl (C=O) groups excluding carboxylic acids is 1. The molecule has 0 spiro atoms. The summed E-state index contributed by atoms with van der Waals surface area (Å²) >= 11 is 0. The van der Waals surface area contributed by atoms with Gasteiger partial charge in [-0.05, 0) is 19.1 Å². The number of aromatic nitrogens is 2. The van der Waals surface area contributed by atoms with Crippen LogP contribution in [0, 0.1) is 0 Å². The number of esters is 1. The van der Waals surface area contributed by atoms with Crippen molar-refractivity contribution in [2.45, 2.75) is 18.9 Å². The van der Waals surface area contributed by atoms with Gasteiger partial charge in [0.2, 0.25) is 0 Å². The number of ether oxygens (including phenoxy) is 2. The summed E-state index contributed by atoms with van der Waals surface area (Å²) in [5.41, 5.74) is 1.31. The summed E-state index contributed by atoms with van der Waals surface area (Å²) in [6.45, 7) is 2.16. The molecule has 0 aliphatic heterocycles. The van der Waals surface area contributed by atoms with Gasteiger partial charge in [-0.25, -0.2) is 9.97 Å². The Morgan fingerprint density at radius 1 is 1.29 bits per heavy atom. The van der Waals surface area contributed by atoms with Gasteiger partial charge in [0, 0.05) is 12.5 Å². The van der Waals surface area contributed by atoms with Crippen molar-refractivity contribution in [3.8, 4) is 0 Å². The van der Waals surface area contributed by atoms with Gasteiger partial charge < -0.3 is 19.2 Å². The van der Waals surface area contributed by atoms with Crippen LogP contribution in [-0.4, -0.2) is 42.3 Å². The highest BCUT2D eigenvalue weighted by molar-refractivity contribution is 6.05. The van der Waals surface area contributed by atoms with Gasteiger partial charge >= 0.3 is 5.97 Å². The van der Waals surface area contributed by atoms with Gasteiger partial charge in [0.25, 0.3) is 0 Å². The molecule has 0 saturated heterocycles. The molecule has 2 heterocycles. The van der Waals surface area contributed by atoms with Crippen LogP contribution in [0.15, 0.2) is 35.0 Å². The highest BCUT2D eigenvalue weighted by Crippen LogP contribution is 2.32. The van der Waals surface area contributed by atoms with E-state index >= 15 is 0 Å². The van der Waals surface area contributed by atoms with E-state index in [0.29, 0.717) is 18.0 Å². The van der Waals surface area contributed by atoms with Crippen molar-refractivity contribution in [3.05, 3.63) is 30.6 Å². The van der Waals surface area contributed by atoms with Crippen LogP contribution in [0.4, 0.5) is 5.82 Å². The second-order valence-electron chi connectivity index (χ2n) is 5.87. The molecule has 126 valence electrons. The average Bonchev–Trinajstić information content (AvgIpc) is 2.95. The molecule has 7 nitrogen and oxygen atoms in total. The van der Waals surface area contributed by atoms with E-state index in [0.717, 1.165) is 16.5 Å². The zero-order valence-corrected chi connectivity index (χ0v) is 13.8. The predicted molar refractivity (Wildman–Crippen MR) is 89.8 cm³/mol. The molecule has 0 saturated carbocycles. The number of furan rings is 1. The van der Waals surface area contributed by atoms with Gasteiger partial charge in [0.05, 0.1) is 25.7 Å². The van der Waals surface area contributed by atoms with Gasteiger partial charge in [-0.15, -0.1) is 0 Å². The first kappa shape index (κ1) is 16.2. The number of nitrogens with zero attached hydrogens (tertiary/aromatic N) is 2. The Labute approximate surface area is 139 Å². The number of fused-ring (bicyclic) bond motifs is 3. The van der Waals surface area contributed by atoms with Gasteiger partial charge in [0.15, 0.2) is 11.4 Å². The third kappa shape index (κ3) is 3.03. The number of hydrogen-bond acceptors (Lipinski definition) is 7. The number of anilines is 1. The van der Waals surface area contributed by atoms with Crippen molar-refractivity contribution < 1.29 is 18.7 Å². The molecule has 3 rings (SSSR count). The second-order valence-corrected chi connectivity index (χ2v) is 5.87. The third-order valence-electron chi connectivity index (χ3n) is 3.80. The molecule has 0 aliphatic rings. The van der Waals surface area contributed by atoms with Crippen molar-refractivity contribution >= 4 is 33.9 Å². The van der Waals surface area contributed by atoms with Crippen LogP contribution < -0.4 is 5.32 Å². The fourth-order valence-corrected chi connectivity index (χ4v) is 2.74. The maximum absolute atomic E-state index is 11.7. The zero-order valence-electron chi connectivity index (χ0n) is 13.8. The Bertz CT molecular complexity index is 877. The Morgan fingerprint density at radius 3 is 2.83 bits per heavy atom. The Morgan fingerprint density at radius 2 is 2.08 bits per heavy atom. The first-order valence-corrected chi connectivity index (χ1v) is 7.52. The monoisotopic (exact) mass is 329 g/mol. The number of para-hydroxylation sites is 1. The van der Waals surface area contributed by atoms with E-state index in [1.165, 1.54) is 13.4 Å². The quantitative estimate of drug-likeness (QED) is 0.696. The number of methoxy groups -OCH3 is 2.